The molecule has 0 amide bonds. The summed E-state index contributed by atoms with van der Waals surface area (Å²) in [5.41, 5.74) is 2.43. The monoisotopic (exact) mass is 234 g/mol. The molecule has 0 aromatic heterocycles. The van der Waals surface area contributed by atoms with E-state index >= 15 is 0 Å². The van der Waals surface area contributed by atoms with Gasteiger partial charge in [-0.25, -0.2) is 0 Å². The normalized spacial score (nSPS) is 11.6. The average molecular weight is 234 g/mol. The van der Waals surface area contributed by atoms with Crippen LogP contribution in [0.5, 0.6) is 0 Å². The lowest BCUT2D eigenvalue weighted by Crippen LogP contribution is -2.13. The summed E-state index contributed by atoms with van der Waals surface area (Å²) in [6, 6.07) is 8.21. The van der Waals surface area contributed by atoms with Crippen molar-refractivity contribution >= 4 is 5.97 Å². The number of esters is 1. The summed E-state index contributed by atoms with van der Waals surface area (Å²) in [5.74, 6) is -0.216. The fourth-order valence-electron chi connectivity index (χ4n) is 1.45. The van der Waals surface area contributed by atoms with Gasteiger partial charge in [-0.3, -0.25) is 4.79 Å². The van der Waals surface area contributed by atoms with Crippen molar-refractivity contribution in [1.29, 1.82) is 0 Å². The number of benzene rings is 1. The summed E-state index contributed by atoms with van der Waals surface area (Å²) in [6.45, 7) is 10.6. The van der Waals surface area contributed by atoms with Gasteiger partial charge in [-0.2, -0.15) is 0 Å². The van der Waals surface area contributed by atoms with Crippen LogP contribution in [0.3, 0.4) is 0 Å². The fraction of sp³-hybridized carbons (Fsp3) is 0.533. The van der Waals surface area contributed by atoms with Gasteiger partial charge in [0.05, 0.1) is 5.92 Å². The molecule has 0 saturated heterocycles. The summed E-state index contributed by atoms with van der Waals surface area (Å²) in [5, 5.41) is 0. The van der Waals surface area contributed by atoms with Gasteiger partial charge in [0.25, 0.3) is 0 Å². The first-order valence-corrected chi connectivity index (χ1v) is 6.07. The van der Waals surface area contributed by atoms with Gasteiger partial charge in [0.15, 0.2) is 0 Å². The third-order valence-corrected chi connectivity index (χ3v) is 2.65. The number of carbonyl (C=O) groups excluding carboxylic acids is 1. The van der Waals surface area contributed by atoms with Gasteiger partial charge in [-0.05, 0) is 16.5 Å². The third kappa shape index (κ3) is 4.22. The van der Waals surface area contributed by atoms with Crippen molar-refractivity contribution in [1.82, 2.24) is 0 Å². The highest BCUT2D eigenvalue weighted by atomic mass is 16.5. The molecular formula is C15H22O2. The first kappa shape index (κ1) is 13.8. The maximum Gasteiger partial charge on any atom is 0.308 e. The number of rotatable bonds is 3. The van der Waals surface area contributed by atoms with Gasteiger partial charge >= 0.3 is 5.97 Å². The lowest BCUT2D eigenvalue weighted by Gasteiger charge is -2.19. The van der Waals surface area contributed by atoms with E-state index in [-0.39, 0.29) is 17.3 Å². The highest BCUT2D eigenvalue weighted by molar-refractivity contribution is 5.71. The van der Waals surface area contributed by atoms with Crippen LogP contribution in [0, 0.1) is 5.92 Å². The first-order valence-electron chi connectivity index (χ1n) is 6.07. The first-order chi connectivity index (χ1) is 7.80. The maximum absolute atomic E-state index is 11.4. The molecule has 0 bridgehead atoms. The van der Waals surface area contributed by atoms with Crippen LogP contribution < -0.4 is 0 Å². The molecule has 2 heteroatoms. The number of hydrogen-bond acceptors (Lipinski definition) is 2. The summed E-state index contributed by atoms with van der Waals surface area (Å²) in [7, 11) is 0. The highest BCUT2D eigenvalue weighted by Gasteiger charge is 2.14. The van der Waals surface area contributed by atoms with Crippen molar-refractivity contribution in [3.8, 4) is 0 Å². The Kier molecular flexibility index (Phi) is 4.33. The lowest BCUT2D eigenvalue weighted by molar-refractivity contribution is -0.148. The Bertz CT molecular complexity index is 386. The molecule has 0 fully saturated rings. The van der Waals surface area contributed by atoms with Crippen LogP contribution in [0.1, 0.15) is 45.7 Å². The zero-order chi connectivity index (χ0) is 13.1. The number of carbonyl (C=O) groups is 1. The van der Waals surface area contributed by atoms with Gasteiger partial charge in [-0.1, -0.05) is 58.9 Å². The molecule has 0 atom stereocenters. The molecule has 0 aliphatic heterocycles. The predicted molar refractivity (Wildman–Crippen MR) is 69.8 cm³/mol. The van der Waals surface area contributed by atoms with Gasteiger partial charge in [0.2, 0.25) is 0 Å². The van der Waals surface area contributed by atoms with Crippen molar-refractivity contribution in [3.63, 3.8) is 0 Å². The molecule has 1 aromatic carbocycles. The summed E-state index contributed by atoms with van der Waals surface area (Å²) in [4.78, 5) is 11.4. The summed E-state index contributed by atoms with van der Waals surface area (Å²) < 4.78 is 5.22. The Labute approximate surface area is 104 Å². The second-order valence-corrected chi connectivity index (χ2v) is 5.71. The second-order valence-electron chi connectivity index (χ2n) is 5.71. The van der Waals surface area contributed by atoms with Crippen LogP contribution in [-0.2, 0) is 21.6 Å². The molecule has 2 nitrogen and oxygen atoms in total. The van der Waals surface area contributed by atoms with E-state index in [1.54, 1.807) is 0 Å². The van der Waals surface area contributed by atoms with E-state index in [0.717, 1.165) is 5.56 Å². The average Bonchev–Trinajstić information content (AvgIpc) is 2.25. The van der Waals surface area contributed by atoms with Gasteiger partial charge in [0, 0.05) is 0 Å². The number of ether oxygens (including phenoxy) is 1. The molecule has 17 heavy (non-hydrogen) atoms. The van der Waals surface area contributed by atoms with Crippen LogP contribution in [0.15, 0.2) is 24.3 Å². The molecule has 0 aliphatic carbocycles. The van der Waals surface area contributed by atoms with Crippen LogP contribution in [0.2, 0.25) is 0 Å². The van der Waals surface area contributed by atoms with E-state index in [9.17, 15) is 4.79 Å². The molecule has 0 spiro atoms. The van der Waals surface area contributed by atoms with Crippen LogP contribution >= 0.6 is 0 Å². The van der Waals surface area contributed by atoms with Crippen LogP contribution in [0.4, 0.5) is 0 Å². The zero-order valence-electron chi connectivity index (χ0n) is 11.4. The Hall–Kier alpha value is -1.31. The Morgan fingerprint density at radius 3 is 2.47 bits per heavy atom. The smallest absolute Gasteiger partial charge is 0.308 e. The van der Waals surface area contributed by atoms with Crippen molar-refractivity contribution in [2.45, 2.75) is 46.6 Å². The van der Waals surface area contributed by atoms with Crippen molar-refractivity contribution in [2.24, 2.45) is 5.92 Å². The quantitative estimate of drug-likeness (QED) is 0.746. The molecule has 1 rings (SSSR count). The lowest BCUT2D eigenvalue weighted by atomic mass is 9.86. The molecule has 0 aliphatic rings. The molecule has 0 saturated carbocycles. The van der Waals surface area contributed by atoms with Crippen LogP contribution in [0.25, 0.3) is 0 Å². The molecule has 94 valence electrons. The zero-order valence-corrected chi connectivity index (χ0v) is 11.4. The highest BCUT2D eigenvalue weighted by Crippen LogP contribution is 2.23. The Balaban J connectivity index is 2.70. The second kappa shape index (κ2) is 5.35. The van der Waals surface area contributed by atoms with E-state index in [0.29, 0.717) is 6.61 Å². The van der Waals surface area contributed by atoms with E-state index in [2.05, 4.69) is 32.9 Å². The van der Waals surface area contributed by atoms with E-state index in [4.69, 9.17) is 4.74 Å². The SMILES string of the molecule is CC(C)C(=O)OCc1cccc(C(C)(C)C)c1. The van der Waals surface area contributed by atoms with Crippen molar-refractivity contribution < 1.29 is 9.53 Å². The van der Waals surface area contributed by atoms with Crippen molar-refractivity contribution in [3.05, 3.63) is 35.4 Å². The third-order valence-electron chi connectivity index (χ3n) is 2.65. The topological polar surface area (TPSA) is 26.3 Å². The summed E-state index contributed by atoms with van der Waals surface area (Å²) in [6.07, 6.45) is 0. The minimum atomic E-state index is -0.147. The molecule has 0 N–H and O–H groups in total. The van der Waals surface area contributed by atoms with Gasteiger partial charge in [-0.15, -0.1) is 0 Å². The standard InChI is InChI=1S/C15H22O2/c1-11(2)14(16)17-10-12-7-6-8-13(9-12)15(3,4)5/h6-9,11H,10H2,1-5H3. The van der Waals surface area contributed by atoms with E-state index in [1.807, 2.05) is 26.0 Å². The minimum absolute atomic E-state index is 0.0687. The fourth-order valence-corrected chi connectivity index (χ4v) is 1.45. The predicted octanol–water partition coefficient (Wildman–Crippen LogP) is 3.68. The molecular weight excluding hydrogens is 212 g/mol. The molecule has 0 radical (unpaired) electrons. The summed E-state index contributed by atoms with van der Waals surface area (Å²) >= 11 is 0. The molecule has 1 aromatic rings. The largest absolute Gasteiger partial charge is 0.461 e. The van der Waals surface area contributed by atoms with E-state index < -0.39 is 0 Å². The Morgan fingerprint density at radius 2 is 1.94 bits per heavy atom. The van der Waals surface area contributed by atoms with Gasteiger partial charge in [0.1, 0.15) is 6.61 Å². The van der Waals surface area contributed by atoms with E-state index in [1.165, 1.54) is 5.56 Å². The van der Waals surface area contributed by atoms with Crippen LogP contribution in [-0.4, -0.2) is 5.97 Å². The maximum atomic E-state index is 11.4. The molecule has 0 unspecified atom stereocenters. The number of hydrogen-bond donors (Lipinski definition) is 0. The van der Waals surface area contributed by atoms with Crippen molar-refractivity contribution in [2.75, 3.05) is 0 Å². The minimum Gasteiger partial charge on any atom is -0.461 e. The Morgan fingerprint density at radius 1 is 1.29 bits per heavy atom. The molecule has 0 heterocycles. The van der Waals surface area contributed by atoms with Gasteiger partial charge < -0.3 is 4.74 Å².